The van der Waals surface area contributed by atoms with Gasteiger partial charge < -0.3 is 79.1 Å². The fraction of sp³-hybridized carbons (Fsp3) is 0.750. The number of unbranched alkanes of at least 4 members (excludes halogenated alkanes) is 5. The Morgan fingerprint density at radius 1 is 0.635 bits per heavy atom. The van der Waals surface area contributed by atoms with Crippen molar-refractivity contribution in [2.75, 3.05) is 45.8 Å². The van der Waals surface area contributed by atoms with Crippen LogP contribution in [0.1, 0.15) is 136 Å². The molecule has 0 spiro atoms. The van der Waals surface area contributed by atoms with Crippen LogP contribution in [-0.2, 0) is 40.0 Å². The molecular weight excluding hydrogens is 957 g/mol. The molecular formula is C52H92N10O12. The average molecular weight is 1050 g/mol. The first-order valence-corrected chi connectivity index (χ1v) is 26.8. The van der Waals surface area contributed by atoms with Crippen LogP contribution in [0.15, 0.2) is 24.3 Å². The molecule has 2 saturated heterocycles. The van der Waals surface area contributed by atoms with Gasteiger partial charge in [-0.1, -0.05) is 77.8 Å². The highest BCUT2D eigenvalue weighted by Crippen LogP contribution is 2.24. The van der Waals surface area contributed by atoms with E-state index in [0.29, 0.717) is 37.9 Å². The minimum Gasteiger partial charge on any atom is -0.508 e. The van der Waals surface area contributed by atoms with Gasteiger partial charge in [0.1, 0.15) is 36.0 Å². The third-order valence-electron chi connectivity index (χ3n) is 13.5. The zero-order valence-electron chi connectivity index (χ0n) is 44.6. The summed E-state index contributed by atoms with van der Waals surface area (Å²) in [4.78, 5) is 97.6. The van der Waals surface area contributed by atoms with Crippen molar-refractivity contribution in [3.05, 3.63) is 29.8 Å². The quantitative estimate of drug-likeness (QED) is 0.0406. The summed E-state index contributed by atoms with van der Waals surface area (Å²) in [6, 6.07) is -1.45. The summed E-state index contributed by atoms with van der Waals surface area (Å²) in [5.74, 6) is -3.72. The predicted octanol–water partition coefficient (Wildman–Crippen LogP) is -0.467. The maximum atomic E-state index is 14.3. The Morgan fingerprint density at radius 3 is 1.76 bits per heavy atom. The highest BCUT2D eigenvalue weighted by atomic mass is 16.3. The smallest absolute Gasteiger partial charge is 0.248 e. The van der Waals surface area contributed by atoms with Crippen LogP contribution in [0.3, 0.4) is 0 Å². The summed E-state index contributed by atoms with van der Waals surface area (Å²) in [6.07, 6.45) is 5.24. The number of aromatic hydroxyl groups is 1. The molecule has 8 unspecified atom stereocenters. The number of phenols is 1. The molecule has 2 heterocycles. The van der Waals surface area contributed by atoms with E-state index in [1.54, 1.807) is 0 Å². The Bertz CT molecular complexity index is 1860. The summed E-state index contributed by atoms with van der Waals surface area (Å²) >= 11 is 0. The van der Waals surface area contributed by atoms with Crippen molar-refractivity contribution in [1.29, 1.82) is 0 Å². The number of carbonyl (C=O) groups is 7. The number of amides is 7. The molecule has 3 rings (SSSR count). The number of benzene rings is 1. The minimum absolute atomic E-state index is 0.0423. The van der Waals surface area contributed by atoms with Crippen LogP contribution in [-0.4, -0.2) is 177 Å². The zero-order chi connectivity index (χ0) is 55.3. The van der Waals surface area contributed by atoms with Crippen LogP contribution in [0.2, 0.25) is 0 Å². The van der Waals surface area contributed by atoms with E-state index in [-0.39, 0.29) is 69.9 Å². The summed E-state index contributed by atoms with van der Waals surface area (Å²) in [5, 5.41) is 65.6. The normalized spacial score (nSPS) is 19.0. The largest absolute Gasteiger partial charge is 0.508 e. The highest BCUT2D eigenvalue weighted by Gasteiger charge is 2.44. The van der Waals surface area contributed by atoms with Gasteiger partial charge in [0.2, 0.25) is 41.4 Å². The van der Waals surface area contributed by atoms with Crippen molar-refractivity contribution >= 4 is 41.4 Å². The number of hydrogen-bond acceptors (Lipinski definition) is 15. The standard InChI is InChI=1S/C50H84N8O12.C2H8N2/c1-6-31(2)27-32(3)15-11-9-7-8-10-12-18-41(64)52-30-42(65)54-43(34(5)60)49(69)58-26-14-17-38(58)47(67)55-44(40(63)28-35-19-21-36(61)22-20-35)48(68)56-45(39(62)23-24-51)50(70)57-25-13-16-37(57)46(66)53-29-33(4)59;3-1-2-4/h19-22,31-34,37-40,43-45,59-63H,6-18,23-30,51H2,1-5H3,(H,52,64)(H,53,66)(H,54,65)(H,55,67)(H,56,68);1-4H2/t31?,32?,33-,34-,37?,38?,39-,40?,43?,44?,45?;/m1./s1. The van der Waals surface area contributed by atoms with Crippen molar-refractivity contribution in [3.63, 3.8) is 0 Å². The third kappa shape index (κ3) is 23.3. The number of hydrogen-bond donors (Lipinski definition) is 13. The van der Waals surface area contributed by atoms with Crippen molar-refractivity contribution in [2.45, 2.75) is 192 Å². The number of nitrogens with two attached hydrogens (primary N) is 3. The molecule has 2 aliphatic heterocycles. The Labute approximate surface area is 438 Å². The lowest BCUT2D eigenvalue weighted by molar-refractivity contribution is -0.146. The van der Waals surface area contributed by atoms with Gasteiger partial charge in [-0.25, -0.2) is 0 Å². The maximum absolute atomic E-state index is 14.3. The number of nitrogens with one attached hydrogen (secondary N) is 5. The second-order valence-electron chi connectivity index (χ2n) is 20.2. The van der Waals surface area contributed by atoms with Gasteiger partial charge in [-0.3, -0.25) is 33.6 Å². The van der Waals surface area contributed by atoms with E-state index in [2.05, 4.69) is 47.4 Å². The second kappa shape index (κ2) is 35.3. The molecule has 1 aromatic carbocycles. The molecule has 1 aromatic rings. The molecule has 0 radical (unpaired) electrons. The van der Waals surface area contributed by atoms with Crippen LogP contribution >= 0.6 is 0 Å². The molecule has 22 nitrogen and oxygen atoms in total. The molecule has 7 amide bonds. The van der Waals surface area contributed by atoms with Gasteiger partial charge >= 0.3 is 0 Å². The molecule has 422 valence electrons. The lowest BCUT2D eigenvalue weighted by Gasteiger charge is -2.34. The summed E-state index contributed by atoms with van der Waals surface area (Å²) < 4.78 is 0. The molecule has 16 N–H and O–H groups in total. The van der Waals surface area contributed by atoms with Crippen molar-refractivity contribution in [2.24, 2.45) is 29.0 Å². The van der Waals surface area contributed by atoms with Crippen molar-refractivity contribution in [1.82, 2.24) is 36.4 Å². The van der Waals surface area contributed by atoms with E-state index in [1.807, 2.05) is 0 Å². The van der Waals surface area contributed by atoms with Crippen molar-refractivity contribution < 1.29 is 59.1 Å². The van der Waals surface area contributed by atoms with Gasteiger partial charge in [0.05, 0.1) is 31.0 Å². The van der Waals surface area contributed by atoms with Crippen LogP contribution in [0.4, 0.5) is 0 Å². The molecule has 0 aromatic heterocycles. The first kappa shape index (κ1) is 65.1. The van der Waals surface area contributed by atoms with Gasteiger partial charge in [0.15, 0.2) is 0 Å². The Kier molecular flexibility index (Phi) is 31.1. The van der Waals surface area contributed by atoms with E-state index in [1.165, 1.54) is 68.7 Å². The average Bonchev–Trinajstić information content (AvgIpc) is 4.08. The number of phenolic OH excluding ortho intramolecular Hbond substituents is 1. The number of carbonyl (C=O) groups excluding carboxylic acids is 7. The first-order chi connectivity index (χ1) is 35.2. The summed E-state index contributed by atoms with van der Waals surface area (Å²) in [7, 11) is 0. The number of aliphatic hydroxyl groups is 4. The van der Waals surface area contributed by atoms with E-state index in [9.17, 15) is 59.1 Å². The zero-order valence-corrected chi connectivity index (χ0v) is 44.6. The molecule has 22 heteroatoms. The molecule has 0 saturated carbocycles. The van der Waals surface area contributed by atoms with Gasteiger partial charge in [-0.05, 0) is 94.9 Å². The van der Waals surface area contributed by atoms with Crippen LogP contribution in [0.25, 0.3) is 0 Å². The summed E-state index contributed by atoms with van der Waals surface area (Å²) in [6.45, 7) is 10.4. The lowest BCUT2D eigenvalue weighted by Crippen LogP contribution is -2.64. The SMILES string of the molecule is CCC(C)CC(C)CCCCCCCCC(=O)NCC(=O)NC(C(=O)N1CCCC1C(=O)NC(C(=O)NC(C(=O)N1CCCC1C(=O)NC[C@@H](C)O)[C@H](O)CCN)C(O)Cc1ccc(O)cc1)[C@@H](C)O.NCCN. The number of likely N-dealkylation sites (tertiary alicyclic amines) is 2. The molecule has 0 bridgehead atoms. The maximum Gasteiger partial charge on any atom is 0.248 e. The lowest BCUT2D eigenvalue weighted by atomic mass is 9.91. The fourth-order valence-electron chi connectivity index (χ4n) is 9.15. The van der Waals surface area contributed by atoms with Crippen LogP contribution in [0.5, 0.6) is 5.75 Å². The van der Waals surface area contributed by atoms with E-state index < -0.39 is 96.6 Å². The number of nitrogens with zero attached hydrogens (tertiary/aromatic N) is 2. The Morgan fingerprint density at radius 2 is 1.20 bits per heavy atom. The highest BCUT2D eigenvalue weighted by molar-refractivity contribution is 5.97. The molecule has 2 fully saturated rings. The topological polar surface area (TPSA) is 365 Å². The van der Waals surface area contributed by atoms with E-state index in [0.717, 1.165) is 42.4 Å². The third-order valence-corrected chi connectivity index (χ3v) is 13.5. The monoisotopic (exact) mass is 1050 g/mol. The Balaban J connectivity index is 0.00000451. The van der Waals surface area contributed by atoms with Gasteiger partial charge in [0, 0.05) is 45.6 Å². The summed E-state index contributed by atoms with van der Waals surface area (Å²) in [5.41, 5.74) is 16.0. The van der Waals surface area contributed by atoms with Crippen LogP contribution in [0, 0.1) is 11.8 Å². The van der Waals surface area contributed by atoms with E-state index in [4.69, 9.17) is 17.2 Å². The fourth-order valence-corrected chi connectivity index (χ4v) is 9.15. The molecule has 0 aliphatic carbocycles. The van der Waals surface area contributed by atoms with Gasteiger partial charge in [-0.15, -0.1) is 0 Å². The Hall–Kier alpha value is -4.97. The number of rotatable bonds is 32. The molecule has 2 aliphatic rings. The molecule has 74 heavy (non-hydrogen) atoms. The number of aliphatic hydroxyl groups excluding tert-OH is 4. The van der Waals surface area contributed by atoms with Crippen molar-refractivity contribution in [3.8, 4) is 5.75 Å². The predicted molar refractivity (Wildman–Crippen MR) is 280 cm³/mol. The van der Waals surface area contributed by atoms with Crippen LogP contribution < -0.4 is 43.8 Å². The van der Waals surface area contributed by atoms with Gasteiger partial charge in [-0.2, -0.15) is 0 Å². The van der Waals surface area contributed by atoms with Gasteiger partial charge in [0.25, 0.3) is 0 Å². The van der Waals surface area contributed by atoms with E-state index >= 15 is 0 Å². The minimum atomic E-state index is -1.79. The first-order valence-electron chi connectivity index (χ1n) is 26.8. The second-order valence-corrected chi connectivity index (χ2v) is 20.2. The molecule has 11 atom stereocenters.